The minimum atomic E-state index is -0.846. The molecule has 1 aromatic carbocycles. The van der Waals surface area contributed by atoms with E-state index in [1.54, 1.807) is 0 Å². The summed E-state index contributed by atoms with van der Waals surface area (Å²) in [6.07, 6.45) is 3.13. The fraction of sp³-hybridized carbons (Fsp3) is 0.500. The van der Waals surface area contributed by atoms with Crippen LogP contribution in [0.3, 0.4) is 0 Å². The summed E-state index contributed by atoms with van der Waals surface area (Å²) in [6, 6.07) is 7.07. The zero-order chi connectivity index (χ0) is 17.5. The molecule has 0 saturated carbocycles. The Morgan fingerprint density at radius 3 is 2.64 bits per heavy atom. The molecule has 7 heteroatoms. The van der Waals surface area contributed by atoms with E-state index in [-0.39, 0.29) is 12.4 Å². The van der Waals surface area contributed by atoms with Crippen molar-refractivity contribution in [1.82, 2.24) is 14.9 Å². The Kier molecular flexibility index (Phi) is 8.58. The number of unbranched alkanes of at least 4 members (excludes halogenated alkanes) is 1. The SMILES string of the molecule is CCCCC(Nc1nc(CCN(C)C)nc2ccccc12)C(=O)O.Cl. The fourth-order valence-corrected chi connectivity index (χ4v) is 2.50. The predicted molar refractivity (Wildman–Crippen MR) is 104 cm³/mol. The van der Waals surface area contributed by atoms with Gasteiger partial charge in [0.25, 0.3) is 0 Å². The first-order valence-corrected chi connectivity index (χ1v) is 8.41. The Morgan fingerprint density at radius 2 is 2.00 bits per heavy atom. The summed E-state index contributed by atoms with van der Waals surface area (Å²) in [5.41, 5.74) is 0.836. The number of para-hydroxylation sites is 1. The molecule has 2 aromatic rings. The number of halogens is 1. The van der Waals surface area contributed by atoms with Crippen LogP contribution in [0.5, 0.6) is 0 Å². The van der Waals surface area contributed by atoms with E-state index in [1.165, 1.54) is 0 Å². The van der Waals surface area contributed by atoms with Crippen molar-refractivity contribution in [2.24, 2.45) is 0 Å². The van der Waals surface area contributed by atoms with Crippen LogP contribution in [0.2, 0.25) is 0 Å². The van der Waals surface area contributed by atoms with Crippen LogP contribution in [0.25, 0.3) is 10.9 Å². The number of hydrogen-bond donors (Lipinski definition) is 2. The number of aliphatic carboxylic acids is 1. The number of fused-ring (bicyclic) bond motifs is 1. The molecule has 25 heavy (non-hydrogen) atoms. The Hall–Kier alpha value is -1.92. The van der Waals surface area contributed by atoms with E-state index in [0.717, 1.165) is 42.5 Å². The number of anilines is 1. The van der Waals surface area contributed by atoms with E-state index in [9.17, 15) is 9.90 Å². The topological polar surface area (TPSA) is 78.4 Å². The van der Waals surface area contributed by atoms with Crippen molar-refractivity contribution >= 4 is 35.1 Å². The lowest BCUT2D eigenvalue weighted by Crippen LogP contribution is -2.30. The number of nitrogens with one attached hydrogen (secondary N) is 1. The fourth-order valence-electron chi connectivity index (χ4n) is 2.50. The standard InChI is InChI=1S/C18H26N4O2.ClH/c1-4-5-9-15(18(23)24)20-17-13-8-6-7-10-14(13)19-16(21-17)11-12-22(2)3;/h6-8,10,15H,4-5,9,11-12H2,1-3H3,(H,23,24)(H,19,20,21);1H. The van der Waals surface area contributed by atoms with Crippen LogP contribution in [0, 0.1) is 0 Å². The van der Waals surface area contributed by atoms with Crippen molar-refractivity contribution in [3.05, 3.63) is 30.1 Å². The van der Waals surface area contributed by atoms with Crippen molar-refractivity contribution in [1.29, 1.82) is 0 Å². The number of benzene rings is 1. The van der Waals surface area contributed by atoms with Crippen molar-refractivity contribution in [2.75, 3.05) is 26.0 Å². The normalized spacial score (nSPS) is 12.0. The molecule has 0 amide bonds. The van der Waals surface area contributed by atoms with E-state index in [4.69, 9.17) is 0 Å². The first kappa shape index (κ1) is 21.1. The summed E-state index contributed by atoms with van der Waals surface area (Å²) in [6.45, 7) is 2.90. The van der Waals surface area contributed by atoms with Crippen molar-refractivity contribution < 1.29 is 9.90 Å². The molecule has 0 bridgehead atoms. The largest absolute Gasteiger partial charge is 0.480 e. The van der Waals surface area contributed by atoms with Gasteiger partial charge < -0.3 is 15.3 Å². The molecule has 0 aliphatic rings. The molecular weight excluding hydrogens is 340 g/mol. The van der Waals surface area contributed by atoms with Crippen LogP contribution in [0.4, 0.5) is 5.82 Å². The number of aromatic nitrogens is 2. The average molecular weight is 367 g/mol. The van der Waals surface area contributed by atoms with Crippen LogP contribution in [0.15, 0.2) is 24.3 Å². The highest BCUT2D eigenvalue weighted by Gasteiger charge is 2.19. The van der Waals surface area contributed by atoms with E-state index in [1.807, 2.05) is 38.4 Å². The van der Waals surface area contributed by atoms with Gasteiger partial charge in [-0.3, -0.25) is 0 Å². The third-order valence-electron chi connectivity index (χ3n) is 3.89. The van der Waals surface area contributed by atoms with Gasteiger partial charge in [-0.1, -0.05) is 31.9 Å². The van der Waals surface area contributed by atoms with Gasteiger partial charge in [0, 0.05) is 18.4 Å². The molecule has 0 radical (unpaired) electrons. The van der Waals surface area contributed by atoms with E-state index >= 15 is 0 Å². The van der Waals surface area contributed by atoms with Gasteiger partial charge in [0.05, 0.1) is 5.52 Å². The van der Waals surface area contributed by atoms with Gasteiger partial charge in [0.15, 0.2) is 0 Å². The first-order chi connectivity index (χ1) is 11.5. The molecule has 0 fully saturated rings. The van der Waals surface area contributed by atoms with Crippen molar-refractivity contribution in [3.63, 3.8) is 0 Å². The summed E-state index contributed by atoms with van der Waals surface area (Å²) in [5.74, 6) is 0.489. The van der Waals surface area contributed by atoms with Gasteiger partial charge in [0.1, 0.15) is 17.7 Å². The van der Waals surface area contributed by atoms with Crippen LogP contribution in [-0.2, 0) is 11.2 Å². The highest BCUT2D eigenvalue weighted by Crippen LogP contribution is 2.22. The molecule has 0 saturated heterocycles. The highest BCUT2D eigenvalue weighted by atomic mass is 35.5. The summed E-state index contributed by atoms with van der Waals surface area (Å²) in [7, 11) is 4.01. The van der Waals surface area contributed by atoms with Crippen LogP contribution in [0.1, 0.15) is 32.0 Å². The number of nitrogens with zero attached hydrogens (tertiary/aromatic N) is 3. The third-order valence-corrected chi connectivity index (χ3v) is 3.89. The molecule has 1 aromatic heterocycles. The van der Waals surface area contributed by atoms with Crippen LogP contribution >= 0.6 is 12.4 Å². The minimum Gasteiger partial charge on any atom is -0.480 e. The molecule has 0 aliphatic heterocycles. The summed E-state index contributed by atoms with van der Waals surface area (Å²) in [5, 5.41) is 13.4. The van der Waals surface area contributed by atoms with Crippen LogP contribution in [-0.4, -0.2) is 52.6 Å². The van der Waals surface area contributed by atoms with Gasteiger partial charge in [-0.05, 0) is 32.6 Å². The second-order valence-corrected chi connectivity index (χ2v) is 6.24. The Balaban J connectivity index is 0.00000312. The lowest BCUT2D eigenvalue weighted by molar-refractivity contribution is -0.138. The molecule has 1 unspecified atom stereocenters. The number of hydrogen-bond acceptors (Lipinski definition) is 5. The zero-order valence-electron chi connectivity index (χ0n) is 15.0. The minimum absolute atomic E-state index is 0. The van der Waals surface area contributed by atoms with Gasteiger partial charge in [-0.25, -0.2) is 14.8 Å². The van der Waals surface area contributed by atoms with Crippen LogP contribution < -0.4 is 5.32 Å². The molecule has 0 spiro atoms. The molecule has 1 atom stereocenters. The van der Waals surface area contributed by atoms with E-state index in [2.05, 4.69) is 27.1 Å². The lowest BCUT2D eigenvalue weighted by Gasteiger charge is -2.17. The van der Waals surface area contributed by atoms with E-state index < -0.39 is 12.0 Å². The third kappa shape index (κ3) is 6.14. The molecule has 2 rings (SSSR count). The quantitative estimate of drug-likeness (QED) is 0.709. The van der Waals surface area contributed by atoms with E-state index in [0.29, 0.717) is 12.2 Å². The maximum atomic E-state index is 11.5. The maximum absolute atomic E-state index is 11.5. The molecule has 0 aliphatic carbocycles. The Bertz CT molecular complexity index is 694. The molecule has 2 N–H and O–H groups in total. The summed E-state index contributed by atoms with van der Waals surface area (Å²) >= 11 is 0. The molecule has 138 valence electrons. The lowest BCUT2D eigenvalue weighted by atomic mass is 10.1. The van der Waals surface area contributed by atoms with Crippen molar-refractivity contribution in [3.8, 4) is 0 Å². The number of carbonyl (C=O) groups is 1. The number of likely N-dealkylation sites (N-methyl/N-ethyl adjacent to an activating group) is 1. The summed E-state index contributed by atoms with van der Waals surface area (Å²) in [4.78, 5) is 22.8. The first-order valence-electron chi connectivity index (χ1n) is 8.41. The number of carboxylic acids is 1. The Morgan fingerprint density at radius 1 is 1.28 bits per heavy atom. The second kappa shape index (κ2) is 10.2. The average Bonchev–Trinajstić information content (AvgIpc) is 2.56. The number of rotatable bonds is 9. The molecular formula is C18H27ClN4O2. The van der Waals surface area contributed by atoms with Gasteiger partial charge in [0.2, 0.25) is 0 Å². The molecule has 1 heterocycles. The van der Waals surface area contributed by atoms with Gasteiger partial charge >= 0.3 is 5.97 Å². The van der Waals surface area contributed by atoms with Crippen molar-refractivity contribution in [2.45, 2.75) is 38.6 Å². The highest BCUT2D eigenvalue weighted by molar-refractivity contribution is 5.90. The maximum Gasteiger partial charge on any atom is 0.326 e. The second-order valence-electron chi connectivity index (χ2n) is 6.24. The monoisotopic (exact) mass is 366 g/mol. The smallest absolute Gasteiger partial charge is 0.326 e. The summed E-state index contributed by atoms with van der Waals surface area (Å²) < 4.78 is 0. The molecule has 6 nitrogen and oxygen atoms in total. The Labute approximate surface area is 155 Å². The van der Waals surface area contributed by atoms with Gasteiger partial charge in [-0.15, -0.1) is 12.4 Å². The van der Waals surface area contributed by atoms with Gasteiger partial charge in [-0.2, -0.15) is 0 Å². The number of carboxylic acid groups (broad SMARTS) is 1. The zero-order valence-corrected chi connectivity index (χ0v) is 15.8. The predicted octanol–water partition coefficient (Wildman–Crippen LogP) is 3.21.